The van der Waals surface area contributed by atoms with Gasteiger partial charge in [-0.25, -0.2) is 8.78 Å². The van der Waals surface area contributed by atoms with Crippen molar-refractivity contribution in [2.24, 2.45) is 0 Å². The van der Waals surface area contributed by atoms with Gasteiger partial charge in [0.05, 0.1) is 0 Å². The second kappa shape index (κ2) is 3.36. The molecular weight excluding hydrogens is 110 g/mol. The predicted octanol–water partition coefficient (Wildman–Crippen LogP) is 2.73. The Morgan fingerprint density at radius 3 is 2.25 bits per heavy atom. The van der Waals surface area contributed by atoms with Crippen LogP contribution in [0, 0.1) is 0 Å². The van der Waals surface area contributed by atoms with Gasteiger partial charge in [0, 0.05) is 0 Å². The molecule has 0 N–H and O–H groups in total. The van der Waals surface area contributed by atoms with Crippen molar-refractivity contribution in [3.05, 3.63) is 24.3 Å². The normalized spacial score (nSPS) is 12.9. The number of halogens is 2. The molecular formula is C6H8F2. The summed E-state index contributed by atoms with van der Waals surface area (Å²) >= 11 is 0. The zero-order chi connectivity index (χ0) is 6.57. The van der Waals surface area contributed by atoms with Gasteiger partial charge in [0.15, 0.2) is 5.83 Å². The van der Waals surface area contributed by atoms with Crippen LogP contribution in [0.25, 0.3) is 0 Å². The first kappa shape index (κ1) is 7.34. The van der Waals surface area contributed by atoms with Crippen LogP contribution in [-0.4, -0.2) is 0 Å². The van der Waals surface area contributed by atoms with Crippen molar-refractivity contribution in [1.29, 1.82) is 0 Å². The van der Waals surface area contributed by atoms with Gasteiger partial charge in [0.1, 0.15) is 5.83 Å². The van der Waals surface area contributed by atoms with E-state index >= 15 is 0 Å². The highest BCUT2D eigenvalue weighted by atomic mass is 19.2. The molecule has 0 radical (unpaired) electrons. The van der Waals surface area contributed by atoms with Crippen molar-refractivity contribution in [3.8, 4) is 0 Å². The zero-order valence-corrected chi connectivity index (χ0v) is 4.75. The number of hydrogen-bond acceptors (Lipinski definition) is 0. The number of rotatable bonds is 2. The van der Waals surface area contributed by atoms with E-state index in [1.165, 1.54) is 0 Å². The van der Waals surface area contributed by atoms with Crippen LogP contribution in [0.4, 0.5) is 8.78 Å². The smallest absolute Gasteiger partial charge is 0.153 e. The lowest BCUT2D eigenvalue weighted by Gasteiger charge is -1.87. The van der Waals surface area contributed by atoms with Gasteiger partial charge in [0.2, 0.25) is 0 Å². The minimum absolute atomic E-state index is 0.0951. The molecule has 0 aromatic rings. The second-order valence-corrected chi connectivity index (χ2v) is 1.31. The lowest BCUT2D eigenvalue weighted by Crippen LogP contribution is -1.71. The van der Waals surface area contributed by atoms with Gasteiger partial charge in [-0.05, 0) is 12.5 Å². The highest BCUT2D eigenvalue weighted by molar-refractivity contribution is 5.11. The molecule has 2 heteroatoms. The van der Waals surface area contributed by atoms with Crippen molar-refractivity contribution in [2.45, 2.75) is 13.3 Å². The average Bonchev–Trinajstić information content (AvgIpc) is 1.84. The van der Waals surface area contributed by atoms with Crippen LogP contribution >= 0.6 is 0 Å². The van der Waals surface area contributed by atoms with E-state index in [0.717, 1.165) is 6.08 Å². The standard InChI is InChI=1S/C6H8F2/c1-3-5(7)6(8)4-2/h3H,1,4H2,2H3/b6-5-. The van der Waals surface area contributed by atoms with Crippen LogP contribution in [-0.2, 0) is 0 Å². The van der Waals surface area contributed by atoms with Crippen LogP contribution in [0.3, 0.4) is 0 Å². The van der Waals surface area contributed by atoms with E-state index in [9.17, 15) is 8.78 Å². The fraction of sp³-hybridized carbons (Fsp3) is 0.333. The van der Waals surface area contributed by atoms with Crippen LogP contribution in [0.5, 0.6) is 0 Å². The largest absolute Gasteiger partial charge is 0.209 e. The van der Waals surface area contributed by atoms with Crippen LogP contribution < -0.4 is 0 Å². The average molecular weight is 118 g/mol. The van der Waals surface area contributed by atoms with Crippen molar-refractivity contribution in [2.75, 3.05) is 0 Å². The summed E-state index contributed by atoms with van der Waals surface area (Å²) in [5.41, 5.74) is 0. The molecule has 0 saturated carbocycles. The minimum atomic E-state index is -0.854. The monoisotopic (exact) mass is 118 g/mol. The first-order chi connectivity index (χ1) is 3.72. The summed E-state index contributed by atoms with van der Waals surface area (Å²) in [4.78, 5) is 0. The van der Waals surface area contributed by atoms with Crippen LogP contribution in [0.2, 0.25) is 0 Å². The highest BCUT2D eigenvalue weighted by Gasteiger charge is 1.95. The third-order valence-corrected chi connectivity index (χ3v) is 0.749. The fourth-order valence-electron chi connectivity index (χ4n) is 0.280. The molecule has 0 heterocycles. The molecule has 8 heavy (non-hydrogen) atoms. The third-order valence-electron chi connectivity index (χ3n) is 0.749. The van der Waals surface area contributed by atoms with Crippen molar-refractivity contribution < 1.29 is 8.78 Å². The maximum atomic E-state index is 12.0. The Labute approximate surface area is 47.5 Å². The number of hydrogen-bond donors (Lipinski definition) is 0. The molecule has 0 unspecified atom stereocenters. The van der Waals surface area contributed by atoms with E-state index < -0.39 is 11.7 Å². The zero-order valence-electron chi connectivity index (χ0n) is 4.75. The fourth-order valence-corrected chi connectivity index (χ4v) is 0.280. The predicted molar refractivity (Wildman–Crippen MR) is 29.7 cm³/mol. The first-order valence-electron chi connectivity index (χ1n) is 2.39. The molecule has 0 aromatic carbocycles. The van der Waals surface area contributed by atoms with Gasteiger partial charge in [-0.3, -0.25) is 0 Å². The van der Waals surface area contributed by atoms with Gasteiger partial charge < -0.3 is 0 Å². The summed E-state index contributed by atoms with van der Waals surface area (Å²) in [5.74, 6) is -1.59. The van der Waals surface area contributed by atoms with E-state index in [0.29, 0.717) is 0 Å². The Morgan fingerprint density at radius 1 is 1.62 bits per heavy atom. The summed E-state index contributed by atoms with van der Waals surface area (Å²) in [7, 11) is 0. The number of allylic oxidation sites excluding steroid dienone is 3. The van der Waals surface area contributed by atoms with Gasteiger partial charge in [-0.15, -0.1) is 0 Å². The van der Waals surface area contributed by atoms with Gasteiger partial charge in [0.25, 0.3) is 0 Å². The molecule has 0 aliphatic carbocycles. The second-order valence-electron chi connectivity index (χ2n) is 1.31. The molecule has 0 atom stereocenters. The summed E-state index contributed by atoms with van der Waals surface area (Å²) < 4.78 is 23.9. The maximum absolute atomic E-state index is 12.0. The Morgan fingerprint density at radius 2 is 2.12 bits per heavy atom. The van der Waals surface area contributed by atoms with E-state index in [2.05, 4.69) is 6.58 Å². The Balaban J connectivity index is 4.03. The molecule has 0 aliphatic rings. The molecule has 0 aliphatic heterocycles. The topological polar surface area (TPSA) is 0 Å². The molecule has 0 fully saturated rings. The van der Waals surface area contributed by atoms with Crippen molar-refractivity contribution in [3.63, 3.8) is 0 Å². The molecule has 0 spiro atoms. The van der Waals surface area contributed by atoms with E-state index in [4.69, 9.17) is 0 Å². The molecule has 0 aromatic heterocycles. The van der Waals surface area contributed by atoms with Crippen LogP contribution in [0.1, 0.15) is 13.3 Å². The van der Waals surface area contributed by atoms with E-state index in [-0.39, 0.29) is 6.42 Å². The van der Waals surface area contributed by atoms with E-state index in [1.807, 2.05) is 0 Å². The van der Waals surface area contributed by atoms with Gasteiger partial charge in [-0.1, -0.05) is 13.5 Å². The third kappa shape index (κ3) is 1.87. The summed E-state index contributed by atoms with van der Waals surface area (Å²) in [5, 5.41) is 0. The highest BCUT2D eigenvalue weighted by Crippen LogP contribution is 2.10. The summed E-state index contributed by atoms with van der Waals surface area (Å²) in [6, 6.07) is 0. The Hall–Kier alpha value is -0.660. The molecule has 0 nitrogen and oxygen atoms in total. The van der Waals surface area contributed by atoms with Gasteiger partial charge in [-0.2, -0.15) is 0 Å². The van der Waals surface area contributed by atoms with E-state index in [1.54, 1.807) is 6.92 Å². The first-order valence-corrected chi connectivity index (χ1v) is 2.39. The van der Waals surface area contributed by atoms with Gasteiger partial charge >= 0.3 is 0 Å². The molecule has 0 amide bonds. The molecule has 46 valence electrons. The molecule has 0 bridgehead atoms. The Bertz CT molecular complexity index is 114. The quantitative estimate of drug-likeness (QED) is 0.489. The SMILES string of the molecule is C=C/C(F)=C(/F)CC. The van der Waals surface area contributed by atoms with Crippen molar-refractivity contribution >= 4 is 0 Å². The maximum Gasteiger partial charge on any atom is 0.153 e. The van der Waals surface area contributed by atoms with Crippen LogP contribution in [0.15, 0.2) is 24.3 Å². The van der Waals surface area contributed by atoms with Crippen molar-refractivity contribution in [1.82, 2.24) is 0 Å². The summed E-state index contributed by atoms with van der Waals surface area (Å²) in [6.07, 6.45) is 0.955. The molecule has 0 saturated heterocycles. The lowest BCUT2D eigenvalue weighted by atomic mass is 10.3. The minimum Gasteiger partial charge on any atom is -0.209 e. The Kier molecular flexibility index (Phi) is 3.08. The summed E-state index contributed by atoms with van der Waals surface area (Å²) in [6.45, 7) is 4.60. The lowest BCUT2D eigenvalue weighted by molar-refractivity contribution is 0.532. The molecule has 0 rings (SSSR count).